The highest BCUT2D eigenvalue weighted by Crippen LogP contribution is 2.30. The van der Waals surface area contributed by atoms with Crippen molar-refractivity contribution < 1.29 is 9.53 Å². The molecule has 0 atom stereocenters. The first-order chi connectivity index (χ1) is 12.1. The molecule has 25 heavy (non-hydrogen) atoms. The monoisotopic (exact) mass is 346 g/mol. The first-order valence-electron chi connectivity index (χ1n) is 9.81. The van der Waals surface area contributed by atoms with Crippen molar-refractivity contribution in [3.8, 4) is 0 Å². The maximum atomic E-state index is 12.4. The SMILES string of the molecule is CCCOC1(CC)CCN(CCCC(=O)c2ccccc2CN)CC1. The quantitative estimate of drug-likeness (QED) is 0.655. The predicted octanol–water partition coefficient (Wildman–Crippen LogP) is 3.78. The number of benzene rings is 1. The average Bonchev–Trinajstić information content (AvgIpc) is 2.67. The Labute approximate surface area is 152 Å². The van der Waals surface area contributed by atoms with E-state index in [0.29, 0.717) is 13.0 Å². The summed E-state index contributed by atoms with van der Waals surface area (Å²) in [7, 11) is 0. The molecule has 1 saturated heterocycles. The Hall–Kier alpha value is -1.23. The fourth-order valence-electron chi connectivity index (χ4n) is 3.67. The lowest BCUT2D eigenvalue weighted by atomic mass is 9.88. The summed E-state index contributed by atoms with van der Waals surface area (Å²) in [5.74, 6) is 0.215. The number of nitrogens with zero attached hydrogens (tertiary/aromatic N) is 1. The molecule has 0 radical (unpaired) electrons. The number of nitrogens with two attached hydrogens (primary N) is 1. The second-order valence-electron chi connectivity index (χ2n) is 7.11. The summed E-state index contributed by atoms with van der Waals surface area (Å²) in [5.41, 5.74) is 7.56. The zero-order valence-corrected chi connectivity index (χ0v) is 15.9. The van der Waals surface area contributed by atoms with Crippen LogP contribution in [0.2, 0.25) is 0 Å². The number of Topliss-reactive ketones (excluding diaryl/α,β-unsaturated/α-hetero) is 1. The van der Waals surface area contributed by atoms with Crippen molar-refractivity contribution in [2.45, 2.75) is 64.5 Å². The summed E-state index contributed by atoms with van der Waals surface area (Å²) in [6, 6.07) is 7.69. The van der Waals surface area contributed by atoms with E-state index in [-0.39, 0.29) is 11.4 Å². The Morgan fingerprint density at radius 2 is 1.96 bits per heavy atom. The number of ether oxygens (including phenoxy) is 1. The lowest BCUT2D eigenvalue weighted by molar-refractivity contribution is -0.0860. The van der Waals surface area contributed by atoms with Crippen molar-refractivity contribution >= 4 is 5.78 Å². The molecule has 1 aliphatic rings. The highest BCUT2D eigenvalue weighted by atomic mass is 16.5. The molecular formula is C21H34N2O2. The molecule has 1 aromatic carbocycles. The number of hydrogen-bond donors (Lipinski definition) is 1. The van der Waals surface area contributed by atoms with Crippen LogP contribution in [0.3, 0.4) is 0 Å². The van der Waals surface area contributed by atoms with Gasteiger partial charge in [0.25, 0.3) is 0 Å². The summed E-state index contributed by atoms with van der Waals surface area (Å²) in [6.07, 6.45) is 5.89. The first kappa shape index (κ1) is 20.1. The Balaban J connectivity index is 1.75. The van der Waals surface area contributed by atoms with Crippen LogP contribution in [0.4, 0.5) is 0 Å². The number of ketones is 1. The van der Waals surface area contributed by atoms with Crippen LogP contribution in [0.1, 0.15) is 68.3 Å². The average molecular weight is 347 g/mol. The minimum absolute atomic E-state index is 0.0857. The molecule has 0 aliphatic carbocycles. The topological polar surface area (TPSA) is 55.6 Å². The summed E-state index contributed by atoms with van der Waals surface area (Å²) in [4.78, 5) is 14.9. The maximum absolute atomic E-state index is 12.4. The molecule has 0 amide bonds. The van der Waals surface area contributed by atoms with Gasteiger partial charge in [-0.1, -0.05) is 38.1 Å². The van der Waals surface area contributed by atoms with Gasteiger partial charge >= 0.3 is 0 Å². The van der Waals surface area contributed by atoms with Gasteiger partial charge in [-0.2, -0.15) is 0 Å². The predicted molar refractivity (Wildman–Crippen MR) is 103 cm³/mol. The van der Waals surface area contributed by atoms with Gasteiger partial charge in [0, 0.05) is 38.2 Å². The zero-order valence-electron chi connectivity index (χ0n) is 15.9. The standard InChI is InChI=1S/C21H34N2O2/c1-3-16-25-21(4-2)11-14-23(15-12-21)13-7-10-20(24)19-9-6-5-8-18(19)17-22/h5-6,8-9H,3-4,7,10-17,22H2,1-2H3. The number of carbonyl (C=O) groups excluding carboxylic acids is 1. The normalized spacial score (nSPS) is 17.6. The van der Waals surface area contributed by atoms with E-state index in [9.17, 15) is 4.79 Å². The van der Waals surface area contributed by atoms with Crippen LogP contribution in [0.5, 0.6) is 0 Å². The van der Waals surface area contributed by atoms with E-state index < -0.39 is 0 Å². The molecule has 4 nitrogen and oxygen atoms in total. The van der Waals surface area contributed by atoms with Gasteiger partial charge in [-0.15, -0.1) is 0 Å². The summed E-state index contributed by atoms with van der Waals surface area (Å²) >= 11 is 0. The molecule has 0 bridgehead atoms. The molecule has 2 rings (SSSR count). The Morgan fingerprint density at radius 3 is 2.60 bits per heavy atom. The van der Waals surface area contributed by atoms with E-state index in [1.54, 1.807) is 0 Å². The number of carbonyl (C=O) groups is 1. The van der Waals surface area contributed by atoms with Crippen LogP contribution in [0.25, 0.3) is 0 Å². The van der Waals surface area contributed by atoms with Gasteiger partial charge in [-0.25, -0.2) is 0 Å². The van der Waals surface area contributed by atoms with Crippen molar-refractivity contribution in [1.29, 1.82) is 0 Å². The molecule has 1 fully saturated rings. The van der Waals surface area contributed by atoms with Gasteiger partial charge in [0.1, 0.15) is 0 Å². The highest BCUT2D eigenvalue weighted by Gasteiger charge is 2.33. The number of hydrogen-bond acceptors (Lipinski definition) is 4. The van der Waals surface area contributed by atoms with Gasteiger partial charge in [0.05, 0.1) is 5.60 Å². The van der Waals surface area contributed by atoms with Crippen LogP contribution in [-0.2, 0) is 11.3 Å². The van der Waals surface area contributed by atoms with Crippen LogP contribution < -0.4 is 5.73 Å². The second-order valence-corrected chi connectivity index (χ2v) is 7.11. The van der Waals surface area contributed by atoms with Crippen LogP contribution in [-0.4, -0.2) is 42.5 Å². The van der Waals surface area contributed by atoms with Gasteiger partial charge in [-0.3, -0.25) is 4.79 Å². The Morgan fingerprint density at radius 1 is 1.24 bits per heavy atom. The van der Waals surface area contributed by atoms with E-state index in [2.05, 4.69) is 18.7 Å². The van der Waals surface area contributed by atoms with Gasteiger partial charge in [0.15, 0.2) is 5.78 Å². The maximum Gasteiger partial charge on any atom is 0.163 e. The summed E-state index contributed by atoms with van der Waals surface area (Å²) < 4.78 is 6.15. The third-order valence-electron chi connectivity index (χ3n) is 5.44. The molecule has 4 heteroatoms. The van der Waals surface area contributed by atoms with Gasteiger partial charge in [-0.05, 0) is 44.2 Å². The Kier molecular flexibility index (Phi) is 8.07. The molecule has 140 valence electrons. The highest BCUT2D eigenvalue weighted by molar-refractivity contribution is 5.97. The molecule has 0 saturated carbocycles. The fourth-order valence-corrected chi connectivity index (χ4v) is 3.67. The van der Waals surface area contributed by atoms with Gasteiger partial charge in [0.2, 0.25) is 0 Å². The molecule has 0 aromatic heterocycles. The minimum Gasteiger partial charge on any atom is -0.375 e. The van der Waals surface area contributed by atoms with Crippen LogP contribution in [0, 0.1) is 0 Å². The summed E-state index contributed by atoms with van der Waals surface area (Å²) in [5, 5.41) is 0. The molecule has 0 spiro atoms. The molecule has 2 N–H and O–H groups in total. The van der Waals surface area contributed by atoms with Crippen molar-refractivity contribution in [2.75, 3.05) is 26.2 Å². The molecule has 1 aliphatic heterocycles. The third kappa shape index (κ3) is 5.63. The van der Waals surface area contributed by atoms with E-state index in [4.69, 9.17) is 10.5 Å². The Bertz CT molecular complexity index is 536. The van der Waals surface area contributed by atoms with Gasteiger partial charge < -0.3 is 15.4 Å². The van der Waals surface area contributed by atoms with E-state index in [1.165, 1.54) is 0 Å². The van der Waals surface area contributed by atoms with Crippen molar-refractivity contribution in [1.82, 2.24) is 4.90 Å². The van der Waals surface area contributed by atoms with Crippen molar-refractivity contribution in [3.63, 3.8) is 0 Å². The molecule has 1 heterocycles. The molecular weight excluding hydrogens is 312 g/mol. The van der Waals surface area contributed by atoms with E-state index in [1.807, 2.05) is 24.3 Å². The molecule has 0 unspecified atom stereocenters. The van der Waals surface area contributed by atoms with E-state index in [0.717, 1.165) is 69.5 Å². The summed E-state index contributed by atoms with van der Waals surface area (Å²) in [6.45, 7) is 8.82. The van der Waals surface area contributed by atoms with Crippen LogP contribution >= 0.6 is 0 Å². The largest absolute Gasteiger partial charge is 0.375 e. The third-order valence-corrected chi connectivity index (χ3v) is 5.44. The lowest BCUT2D eigenvalue weighted by Gasteiger charge is -2.41. The number of likely N-dealkylation sites (tertiary alicyclic amines) is 1. The zero-order chi connectivity index (χ0) is 18.1. The van der Waals surface area contributed by atoms with Crippen molar-refractivity contribution in [2.24, 2.45) is 5.73 Å². The van der Waals surface area contributed by atoms with Crippen molar-refractivity contribution in [3.05, 3.63) is 35.4 Å². The second kappa shape index (κ2) is 10.0. The molecule has 1 aromatic rings. The lowest BCUT2D eigenvalue weighted by Crippen LogP contribution is -2.46. The number of rotatable bonds is 10. The first-order valence-corrected chi connectivity index (χ1v) is 9.81. The fraction of sp³-hybridized carbons (Fsp3) is 0.667. The van der Waals surface area contributed by atoms with Crippen LogP contribution in [0.15, 0.2) is 24.3 Å². The minimum atomic E-state index is 0.0857. The smallest absolute Gasteiger partial charge is 0.163 e. The van der Waals surface area contributed by atoms with E-state index >= 15 is 0 Å². The number of piperidine rings is 1.